The Labute approximate surface area is 111 Å². The first-order chi connectivity index (χ1) is 8.92. The topological polar surface area (TPSA) is 35.2 Å². The summed E-state index contributed by atoms with van der Waals surface area (Å²) in [6.07, 6.45) is -3.02. The second-order valence-electron chi connectivity index (χ2n) is 4.54. The first-order valence-electron chi connectivity index (χ1n) is 6.41. The van der Waals surface area contributed by atoms with E-state index in [1.165, 1.54) is 5.56 Å². The molecule has 1 atom stereocenters. The maximum absolute atomic E-state index is 11.9. The molecule has 1 rings (SSSR count). The van der Waals surface area contributed by atoms with E-state index in [2.05, 4.69) is 6.92 Å². The van der Waals surface area contributed by atoms with Crippen molar-refractivity contribution in [3.8, 4) is 0 Å². The summed E-state index contributed by atoms with van der Waals surface area (Å²) in [6.45, 7) is 1.86. The van der Waals surface area contributed by atoms with Crippen molar-refractivity contribution in [2.75, 3.05) is 13.2 Å². The van der Waals surface area contributed by atoms with Gasteiger partial charge in [0.25, 0.3) is 0 Å². The fourth-order valence-corrected chi connectivity index (χ4v) is 1.71. The highest BCUT2D eigenvalue weighted by molar-refractivity contribution is 5.24. The molecule has 19 heavy (non-hydrogen) atoms. The molecule has 108 valence electrons. The minimum atomic E-state index is -4.17. The lowest BCUT2D eigenvalue weighted by atomic mass is 10.0. The molecule has 1 aromatic rings. The van der Waals surface area contributed by atoms with Crippen LogP contribution in [0.3, 0.4) is 0 Å². The van der Waals surface area contributed by atoms with E-state index >= 15 is 0 Å². The third-order valence-electron chi connectivity index (χ3n) is 2.77. The summed E-state index contributed by atoms with van der Waals surface area (Å²) in [5.74, 6) is 0. The first kappa shape index (κ1) is 16.0. The molecule has 0 saturated carbocycles. The Bertz CT molecular complexity index is 362. The van der Waals surface area contributed by atoms with E-state index in [1.54, 1.807) is 0 Å². The van der Waals surface area contributed by atoms with Gasteiger partial charge in [0.15, 0.2) is 0 Å². The lowest BCUT2D eigenvalue weighted by molar-refractivity contribution is -0.145. The summed E-state index contributed by atoms with van der Waals surface area (Å²) < 4.78 is 40.7. The van der Waals surface area contributed by atoms with E-state index in [1.807, 2.05) is 24.3 Å². The van der Waals surface area contributed by atoms with Crippen LogP contribution in [0.25, 0.3) is 0 Å². The number of alkyl halides is 3. The molecule has 0 spiro atoms. The van der Waals surface area contributed by atoms with Crippen molar-refractivity contribution < 1.29 is 17.9 Å². The van der Waals surface area contributed by atoms with Crippen LogP contribution in [0.15, 0.2) is 24.3 Å². The molecule has 0 saturated heterocycles. The third kappa shape index (κ3) is 6.59. The zero-order valence-corrected chi connectivity index (χ0v) is 11.0. The number of benzene rings is 1. The molecule has 0 heterocycles. The molecule has 0 bridgehead atoms. The van der Waals surface area contributed by atoms with E-state index in [0.29, 0.717) is 0 Å². The Morgan fingerprint density at radius 2 is 1.84 bits per heavy atom. The summed E-state index contributed by atoms with van der Waals surface area (Å²) in [6, 6.07) is 7.41. The van der Waals surface area contributed by atoms with Gasteiger partial charge in [-0.15, -0.1) is 0 Å². The van der Waals surface area contributed by atoms with E-state index in [4.69, 9.17) is 10.5 Å². The second-order valence-corrected chi connectivity index (χ2v) is 4.54. The Morgan fingerprint density at radius 1 is 1.21 bits per heavy atom. The van der Waals surface area contributed by atoms with E-state index in [9.17, 15) is 13.2 Å². The van der Waals surface area contributed by atoms with Gasteiger partial charge < -0.3 is 10.5 Å². The van der Waals surface area contributed by atoms with Crippen LogP contribution < -0.4 is 5.73 Å². The van der Waals surface area contributed by atoms with Crippen LogP contribution in [-0.4, -0.2) is 19.4 Å². The van der Waals surface area contributed by atoms with Crippen LogP contribution in [0.1, 0.15) is 36.9 Å². The molecule has 1 aromatic carbocycles. The van der Waals surface area contributed by atoms with Gasteiger partial charge in [-0.2, -0.15) is 13.2 Å². The Kier molecular flexibility index (Phi) is 6.31. The van der Waals surface area contributed by atoms with Crippen LogP contribution in [0, 0.1) is 0 Å². The molecule has 0 aromatic heterocycles. The highest BCUT2D eigenvalue weighted by Crippen LogP contribution is 2.19. The van der Waals surface area contributed by atoms with Gasteiger partial charge in [-0.05, 0) is 17.5 Å². The molecule has 0 fully saturated rings. The number of ether oxygens (including phenoxy) is 1. The number of hydrogen-bond acceptors (Lipinski definition) is 2. The number of hydrogen-bond donors (Lipinski definition) is 1. The quantitative estimate of drug-likeness (QED) is 0.771. The molecule has 0 radical (unpaired) electrons. The van der Waals surface area contributed by atoms with Crippen LogP contribution in [0.4, 0.5) is 13.2 Å². The number of aryl methyl sites for hydroxylation is 1. The maximum Gasteiger partial charge on any atom is 0.391 e. The summed E-state index contributed by atoms with van der Waals surface area (Å²) in [7, 11) is 0. The highest BCUT2D eigenvalue weighted by Gasteiger charge is 2.26. The van der Waals surface area contributed by atoms with E-state index < -0.39 is 12.6 Å². The molecule has 0 amide bonds. The maximum atomic E-state index is 11.9. The Hall–Kier alpha value is -1.07. The molecule has 1 unspecified atom stereocenters. The average molecular weight is 275 g/mol. The monoisotopic (exact) mass is 275 g/mol. The fraction of sp³-hybridized carbons (Fsp3) is 0.571. The zero-order chi connectivity index (χ0) is 14.3. The van der Waals surface area contributed by atoms with Crippen LogP contribution in [-0.2, 0) is 11.2 Å². The molecule has 0 aliphatic carbocycles. The van der Waals surface area contributed by atoms with Gasteiger partial charge in [0.2, 0.25) is 0 Å². The smallest absolute Gasteiger partial charge is 0.379 e. The number of rotatable bonds is 7. The van der Waals surface area contributed by atoms with Gasteiger partial charge in [0, 0.05) is 0 Å². The van der Waals surface area contributed by atoms with Crippen molar-refractivity contribution in [3.63, 3.8) is 0 Å². The summed E-state index contributed by atoms with van der Waals surface area (Å²) in [5, 5.41) is 0. The van der Waals surface area contributed by atoms with Gasteiger partial charge in [0.05, 0.1) is 25.7 Å². The summed E-state index contributed by atoms with van der Waals surface area (Å²) in [5.41, 5.74) is 7.98. The van der Waals surface area contributed by atoms with E-state index in [0.717, 1.165) is 18.4 Å². The fourth-order valence-electron chi connectivity index (χ4n) is 1.71. The third-order valence-corrected chi connectivity index (χ3v) is 2.77. The predicted octanol–water partition coefficient (Wildman–Crippen LogP) is 3.61. The molecule has 2 nitrogen and oxygen atoms in total. The van der Waals surface area contributed by atoms with Gasteiger partial charge >= 0.3 is 6.18 Å². The molecular formula is C14H20F3NO. The zero-order valence-electron chi connectivity index (χ0n) is 11.0. The minimum Gasteiger partial charge on any atom is -0.379 e. The van der Waals surface area contributed by atoms with Gasteiger partial charge in [-0.1, -0.05) is 37.6 Å². The number of nitrogens with two attached hydrogens (primary N) is 1. The largest absolute Gasteiger partial charge is 0.391 e. The molecule has 0 aliphatic rings. The first-order valence-corrected chi connectivity index (χ1v) is 6.41. The predicted molar refractivity (Wildman–Crippen MR) is 68.9 cm³/mol. The van der Waals surface area contributed by atoms with Crippen molar-refractivity contribution in [2.24, 2.45) is 5.73 Å². The standard InChI is InChI=1S/C14H20F3NO/c1-2-3-11-4-6-12(7-5-11)13(18)10-19-9-8-14(15,16)17/h4-7,13H,2-3,8-10,18H2,1H3. The van der Waals surface area contributed by atoms with Crippen molar-refractivity contribution in [1.82, 2.24) is 0 Å². The molecular weight excluding hydrogens is 255 g/mol. The minimum absolute atomic E-state index is 0.100. The van der Waals surface area contributed by atoms with Gasteiger partial charge in [0.1, 0.15) is 0 Å². The number of halogens is 3. The van der Waals surface area contributed by atoms with Crippen LogP contribution in [0.5, 0.6) is 0 Å². The SMILES string of the molecule is CCCc1ccc(C(N)COCCC(F)(F)F)cc1. The lowest BCUT2D eigenvalue weighted by Crippen LogP contribution is -2.19. The molecule has 5 heteroatoms. The van der Waals surface area contributed by atoms with Crippen LogP contribution >= 0.6 is 0 Å². The molecule has 2 N–H and O–H groups in total. The van der Waals surface area contributed by atoms with Crippen molar-refractivity contribution in [1.29, 1.82) is 0 Å². The average Bonchev–Trinajstić information content (AvgIpc) is 2.34. The highest BCUT2D eigenvalue weighted by atomic mass is 19.4. The van der Waals surface area contributed by atoms with Crippen molar-refractivity contribution >= 4 is 0 Å². The summed E-state index contributed by atoms with van der Waals surface area (Å²) >= 11 is 0. The second kappa shape index (κ2) is 7.50. The molecule has 0 aliphatic heterocycles. The van der Waals surface area contributed by atoms with E-state index in [-0.39, 0.29) is 19.3 Å². The summed E-state index contributed by atoms with van der Waals surface area (Å²) in [4.78, 5) is 0. The Morgan fingerprint density at radius 3 is 2.37 bits per heavy atom. The van der Waals surface area contributed by atoms with Crippen molar-refractivity contribution in [2.45, 2.75) is 38.4 Å². The lowest BCUT2D eigenvalue weighted by Gasteiger charge is -2.14. The normalized spacial score (nSPS) is 13.5. The van der Waals surface area contributed by atoms with Crippen molar-refractivity contribution in [3.05, 3.63) is 35.4 Å². The van der Waals surface area contributed by atoms with Gasteiger partial charge in [-0.25, -0.2) is 0 Å². The van der Waals surface area contributed by atoms with Crippen LogP contribution in [0.2, 0.25) is 0 Å². The van der Waals surface area contributed by atoms with Gasteiger partial charge in [-0.3, -0.25) is 0 Å². The Balaban J connectivity index is 2.34.